The Morgan fingerprint density at radius 2 is 1.67 bits per heavy atom. The Bertz CT molecular complexity index is 773. The number of carbonyl (C=O) groups is 2. The lowest BCUT2D eigenvalue weighted by atomic mass is 10.1. The smallest absolute Gasteiger partial charge is 0.321 e. The molecule has 3 rings (SSSR count). The Morgan fingerprint density at radius 3 is 2.26 bits per heavy atom. The van der Waals surface area contributed by atoms with Crippen LogP contribution in [0.4, 0.5) is 0 Å². The third kappa shape index (κ3) is 5.11. The highest BCUT2D eigenvalue weighted by atomic mass is 32.2. The highest BCUT2D eigenvalue weighted by Gasteiger charge is 2.25. The highest BCUT2D eigenvalue weighted by molar-refractivity contribution is 8.00. The Hall–Kier alpha value is -2.31. The van der Waals surface area contributed by atoms with Gasteiger partial charge in [-0.3, -0.25) is 14.8 Å². The third-order valence-corrected chi connectivity index (χ3v) is 6.04. The first-order chi connectivity index (χ1) is 13.0. The molecule has 1 atom stereocenters. The Morgan fingerprint density at radius 1 is 1.04 bits per heavy atom. The molecule has 1 fully saturated rings. The normalized spacial score (nSPS) is 15.4. The van der Waals surface area contributed by atoms with Crippen LogP contribution in [0.1, 0.15) is 42.1 Å². The number of amides is 1. The molecule has 0 bridgehead atoms. The van der Waals surface area contributed by atoms with Crippen LogP contribution in [0.25, 0.3) is 0 Å². The summed E-state index contributed by atoms with van der Waals surface area (Å²) in [6.45, 7) is 0. The van der Waals surface area contributed by atoms with E-state index in [1.165, 1.54) is 11.8 Å². The van der Waals surface area contributed by atoms with Crippen molar-refractivity contribution in [1.82, 2.24) is 5.06 Å². The fraction of sp³-hybridized carbons (Fsp3) is 0.333. The fourth-order valence-electron chi connectivity index (χ4n) is 3.32. The van der Waals surface area contributed by atoms with Gasteiger partial charge in [-0.05, 0) is 36.1 Å². The average Bonchev–Trinajstić information content (AvgIpc) is 3.22. The fourth-order valence-corrected chi connectivity index (χ4v) is 4.28. The number of hydrogen-bond acceptors (Lipinski definition) is 4. The van der Waals surface area contributed by atoms with Gasteiger partial charge in [-0.1, -0.05) is 55.3 Å². The number of thioether (sulfide) groups is 1. The predicted molar refractivity (Wildman–Crippen MR) is 104 cm³/mol. The number of hydroxylamine groups is 2. The van der Waals surface area contributed by atoms with Crippen LogP contribution in [-0.2, 0) is 16.0 Å². The molecule has 0 saturated heterocycles. The minimum atomic E-state index is -0.891. The number of rotatable bonds is 7. The van der Waals surface area contributed by atoms with Crippen molar-refractivity contribution in [1.29, 1.82) is 0 Å². The molecule has 2 aromatic carbocycles. The second-order valence-corrected chi connectivity index (χ2v) is 7.92. The molecule has 1 aliphatic carbocycles. The van der Waals surface area contributed by atoms with E-state index in [1.807, 2.05) is 42.5 Å². The summed E-state index contributed by atoms with van der Waals surface area (Å²) in [5.41, 5.74) is 1.54. The molecular formula is C21H23NO4S. The van der Waals surface area contributed by atoms with Gasteiger partial charge in [-0.2, -0.15) is 0 Å². The summed E-state index contributed by atoms with van der Waals surface area (Å²) in [5, 5.41) is 19.8. The lowest BCUT2D eigenvalue weighted by molar-refractivity contribution is -0.174. The van der Waals surface area contributed by atoms with Crippen molar-refractivity contribution in [3.8, 4) is 0 Å². The molecular weight excluding hydrogens is 362 g/mol. The molecule has 1 amide bonds. The molecule has 2 aromatic rings. The molecule has 1 unspecified atom stereocenters. The van der Waals surface area contributed by atoms with E-state index in [9.17, 15) is 19.9 Å². The van der Waals surface area contributed by atoms with Crippen molar-refractivity contribution in [3.63, 3.8) is 0 Å². The summed E-state index contributed by atoms with van der Waals surface area (Å²) in [7, 11) is 0. The van der Waals surface area contributed by atoms with Crippen molar-refractivity contribution in [2.75, 3.05) is 0 Å². The molecule has 0 aliphatic heterocycles. The zero-order valence-corrected chi connectivity index (χ0v) is 15.8. The summed E-state index contributed by atoms with van der Waals surface area (Å²) in [5.74, 6) is -1.19. The number of carbonyl (C=O) groups excluding carboxylic acids is 1. The zero-order chi connectivity index (χ0) is 19.2. The van der Waals surface area contributed by atoms with E-state index in [1.54, 1.807) is 12.1 Å². The number of benzene rings is 2. The zero-order valence-electron chi connectivity index (χ0n) is 15.0. The molecule has 1 saturated carbocycles. The van der Waals surface area contributed by atoms with Gasteiger partial charge in [0.25, 0.3) is 5.91 Å². The second-order valence-electron chi connectivity index (χ2n) is 6.74. The van der Waals surface area contributed by atoms with E-state index in [-0.39, 0.29) is 18.4 Å². The van der Waals surface area contributed by atoms with Crippen molar-refractivity contribution < 1.29 is 19.9 Å². The van der Waals surface area contributed by atoms with E-state index in [0.717, 1.165) is 46.8 Å². The Labute approximate surface area is 163 Å². The predicted octanol–water partition coefficient (Wildman–Crippen LogP) is 4.31. The maximum Gasteiger partial charge on any atom is 0.321 e. The first-order valence-electron chi connectivity index (χ1n) is 9.09. The quantitative estimate of drug-likeness (QED) is 0.422. The van der Waals surface area contributed by atoms with Gasteiger partial charge in [0.1, 0.15) is 5.25 Å². The molecule has 27 heavy (non-hydrogen) atoms. The maximum atomic E-state index is 12.2. The van der Waals surface area contributed by atoms with Gasteiger partial charge in [0.2, 0.25) is 0 Å². The first-order valence-corrected chi connectivity index (χ1v) is 9.97. The van der Waals surface area contributed by atoms with E-state index in [2.05, 4.69) is 0 Å². The molecule has 0 heterocycles. The summed E-state index contributed by atoms with van der Waals surface area (Å²) in [6.07, 6.45) is 3.95. The van der Waals surface area contributed by atoms with Gasteiger partial charge in [0.15, 0.2) is 0 Å². The number of aliphatic carboxylic acids is 1. The standard InChI is InChI=1S/C21H23NO4S/c23-19(22(26)17-8-4-5-9-17)14-15-10-12-18(13-11-15)27-20(21(24)25)16-6-2-1-3-7-16/h1-3,6-7,10-13,17,20,26H,4-5,8-9,14H2,(H,24,25). The topological polar surface area (TPSA) is 77.8 Å². The van der Waals surface area contributed by atoms with Gasteiger partial charge >= 0.3 is 5.97 Å². The maximum absolute atomic E-state index is 12.2. The summed E-state index contributed by atoms with van der Waals surface area (Å²) in [6, 6.07) is 16.3. The molecule has 0 spiro atoms. The summed E-state index contributed by atoms with van der Waals surface area (Å²) >= 11 is 1.26. The van der Waals surface area contributed by atoms with Crippen molar-refractivity contribution in [2.24, 2.45) is 0 Å². The van der Waals surface area contributed by atoms with Crippen molar-refractivity contribution >= 4 is 23.6 Å². The van der Waals surface area contributed by atoms with Crippen molar-refractivity contribution in [2.45, 2.75) is 48.3 Å². The van der Waals surface area contributed by atoms with Gasteiger partial charge < -0.3 is 5.11 Å². The average molecular weight is 385 g/mol. The van der Waals surface area contributed by atoms with Crippen LogP contribution in [0, 0.1) is 0 Å². The molecule has 1 aliphatic rings. The van der Waals surface area contributed by atoms with Gasteiger partial charge in [0, 0.05) is 4.90 Å². The SMILES string of the molecule is O=C(O)C(Sc1ccc(CC(=O)N(O)C2CCCC2)cc1)c1ccccc1. The van der Waals surface area contributed by atoms with E-state index in [4.69, 9.17) is 0 Å². The van der Waals surface area contributed by atoms with Crippen LogP contribution in [0.15, 0.2) is 59.5 Å². The van der Waals surface area contributed by atoms with Crippen molar-refractivity contribution in [3.05, 3.63) is 65.7 Å². The minimum Gasteiger partial charge on any atom is -0.480 e. The Kier molecular flexibility index (Phi) is 6.53. The number of hydrogen-bond donors (Lipinski definition) is 2. The van der Waals surface area contributed by atoms with E-state index in [0.29, 0.717) is 0 Å². The summed E-state index contributed by atoms with van der Waals surface area (Å²) < 4.78 is 0. The van der Waals surface area contributed by atoms with Gasteiger partial charge in [-0.25, -0.2) is 5.06 Å². The number of carboxylic acids is 1. The van der Waals surface area contributed by atoms with Crippen LogP contribution < -0.4 is 0 Å². The number of nitrogens with zero attached hydrogens (tertiary/aromatic N) is 1. The van der Waals surface area contributed by atoms with Gasteiger partial charge in [0.05, 0.1) is 12.5 Å². The largest absolute Gasteiger partial charge is 0.480 e. The molecule has 6 heteroatoms. The van der Waals surface area contributed by atoms with Gasteiger partial charge in [-0.15, -0.1) is 11.8 Å². The van der Waals surface area contributed by atoms with E-state index >= 15 is 0 Å². The molecule has 0 aromatic heterocycles. The Balaban J connectivity index is 1.62. The number of carboxylic acid groups (broad SMARTS) is 1. The molecule has 0 radical (unpaired) electrons. The van der Waals surface area contributed by atoms with Crippen LogP contribution in [0.3, 0.4) is 0 Å². The van der Waals surface area contributed by atoms with Crippen LogP contribution in [-0.4, -0.2) is 33.3 Å². The highest BCUT2D eigenvalue weighted by Crippen LogP contribution is 2.35. The second kappa shape index (κ2) is 9.06. The first kappa shape index (κ1) is 19.5. The summed E-state index contributed by atoms with van der Waals surface area (Å²) in [4.78, 5) is 24.7. The van der Waals surface area contributed by atoms with Crippen LogP contribution in [0.2, 0.25) is 0 Å². The lowest BCUT2D eigenvalue weighted by Crippen LogP contribution is -2.36. The third-order valence-electron chi connectivity index (χ3n) is 4.79. The molecule has 2 N–H and O–H groups in total. The lowest BCUT2D eigenvalue weighted by Gasteiger charge is -2.21. The molecule has 142 valence electrons. The van der Waals surface area contributed by atoms with Crippen LogP contribution in [0.5, 0.6) is 0 Å². The minimum absolute atomic E-state index is 0.0606. The molecule has 5 nitrogen and oxygen atoms in total. The van der Waals surface area contributed by atoms with E-state index < -0.39 is 11.2 Å². The monoisotopic (exact) mass is 385 g/mol. The van der Waals surface area contributed by atoms with Crippen LogP contribution >= 0.6 is 11.8 Å².